The zero-order valence-electron chi connectivity index (χ0n) is 9.93. The van der Waals surface area contributed by atoms with Crippen molar-refractivity contribution in [3.63, 3.8) is 0 Å². The molecular weight excluding hydrogens is 328 g/mol. The SMILES string of the molecule is Cc1nc(Cl)nc(Oc2cc(Cl)ccc2Cl)c1[N+](=O)[O-]. The van der Waals surface area contributed by atoms with E-state index in [0.717, 1.165) is 0 Å². The number of aryl methyl sites for hydroxylation is 1. The molecule has 1 aromatic heterocycles. The van der Waals surface area contributed by atoms with Gasteiger partial charge in [-0.3, -0.25) is 10.1 Å². The maximum Gasteiger partial charge on any atom is 0.352 e. The number of nitro groups is 1. The predicted octanol–water partition coefficient (Wildman–Crippen LogP) is 4.45. The van der Waals surface area contributed by atoms with Gasteiger partial charge < -0.3 is 4.74 Å². The minimum absolute atomic E-state index is 0.0863. The van der Waals surface area contributed by atoms with Crippen LogP contribution in [-0.2, 0) is 0 Å². The van der Waals surface area contributed by atoms with E-state index in [-0.39, 0.29) is 33.3 Å². The van der Waals surface area contributed by atoms with Gasteiger partial charge in [0.05, 0.1) is 9.95 Å². The molecule has 2 rings (SSSR count). The molecule has 2 aromatic rings. The van der Waals surface area contributed by atoms with Crippen LogP contribution in [0.5, 0.6) is 11.6 Å². The summed E-state index contributed by atoms with van der Waals surface area (Å²) in [6.45, 7) is 1.43. The van der Waals surface area contributed by atoms with Crippen molar-refractivity contribution < 1.29 is 9.66 Å². The third-order valence-corrected chi connectivity index (χ3v) is 3.00. The van der Waals surface area contributed by atoms with Crippen molar-refractivity contribution in [2.24, 2.45) is 0 Å². The smallest absolute Gasteiger partial charge is 0.352 e. The first-order valence-electron chi connectivity index (χ1n) is 5.20. The lowest BCUT2D eigenvalue weighted by atomic mass is 10.3. The van der Waals surface area contributed by atoms with Gasteiger partial charge in [0.25, 0.3) is 0 Å². The largest absolute Gasteiger partial charge is 0.432 e. The first-order chi connectivity index (χ1) is 9.38. The quantitative estimate of drug-likeness (QED) is 0.471. The maximum absolute atomic E-state index is 11.0. The number of halogens is 3. The summed E-state index contributed by atoms with van der Waals surface area (Å²) >= 11 is 17.4. The lowest BCUT2D eigenvalue weighted by Crippen LogP contribution is -2.01. The molecule has 9 heteroatoms. The van der Waals surface area contributed by atoms with Crippen LogP contribution >= 0.6 is 34.8 Å². The van der Waals surface area contributed by atoms with Crippen molar-refractivity contribution >= 4 is 40.5 Å². The third-order valence-electron chi connectivity index (χ3n) is 2.28. The molecular formula is C11H6Cl3N3O3. The summed E-state index contributed by atoms with van der Waals surface area (Å²) in [5, 5.41) is 11.5. The lowest BCUT2D eigenvalue weighted by Gasteiger charge is -2.08. The van der Waals surface area contributed by atoms with E-state index in [0.29, 0.717) is 5.02 Å². The molecule has 0 saturated carbocycles. The van der Waals surface area contributed by atoms with Crippen molar-refractivity contribution in [1.82, 2.24) is 9.97 Å². The summed E-state index contributed by atoms with van der Waals surface area (Å²) in [4.78, 5) is 17.8. The van der Waals surface area contributed by atoms with Crippen LogP contribution in [0.25, 0.3) is 0 Å². The standard InChI is InChI=1S/C11H6Cl3N3O3/c1-5-9(17(18)19)10(16-11(14)15-5)20-8-4-6(12)2-3-7(8)13/h2-4H,1H3. The molecule has 104 valence electrons. The first-order valence-corrected chi connectivity index (χ1v) is 6.33. The molecule has 0 N–H and O–H groups in total. The molecule has 0 spiro atoms. The normalized spacial score (nSPS) is 10.4. The average Bonchev–Trinajstić information content (AvgIpc) is 2.32. The van der Waals surface area contributed by atoms with Crippen molar-refractivity contribution in [1.29, 1.82) is 0 Å². The second-order valence-electron chi connectivity index (χ2n) is 3.67. The Balaban J connectivity index is 2.53. The van der Waals surface area contributed by atoms with Crippen molar-refractivity contribution in [3.8, 4) is 11.6 Å². The van der Waals surface area contributed by atoms with Crippen molar-refractivity contribution in [2.75, 3.05) is 0 Å². The minimum Gasteiger partial charge on any atom is -0.432 e. The Labute approximate surface area is 128 Å². The number of ether oxygens (including phenoxy) is 1. The Morgan fingerprint density at radius 2 is 1.95 bits per heavy atom. The van der Waals surface area contributed by atoms with E-state index >= 15 is 0 Å². The second-order valence-corrected chi connectivity index (χ2v) is 4.85. The summed E-state index contributed by atoms with van der Waals surface area (Å²) in [5.41, 5.74) is -0.298. The topological polar surface area (TPSA) is 78.2 Å². The molecule has 0 radical (unpaired) electrons. The molecule has 0 atom stereocenters. The van der Waals surface area contributed by atoms with Gasteiger partial charge in [-0.2, -0.15) is 4.98 Å². The van der Waals surface area contributed by atoms with Gasteiger partial charge in [-0.25, -0.2) is 4.98 Å². The molecule has 1 heterocycles. The Hall–Kier alpha value is -1.63. The monoisotopic (exact) mass is 333 g/mol. The minimum atomic E-state index is -0.653. The molecule has 20 heavy (non-hydrogen) atoms. The van der Waals surface area contributed by atoms with Crippen molar-refractivity contribution in [3.05, 3.63) is 49.3 Å². The average molecular weight is 335 g/mol. The zero-order valence-corrected chi connectivity index (χ0v) is 12.2. The van der Waals surface area contributed by atoms with Gasteiger partial charge in [0, 0.05) is 11.1 Å². The fourth-order valence-corrected chi connectivity index (χ4v) is 1.97. The van der Waals surface area contributed by atoms with Gasteiger partial charge in [0.15, 0.2) is 0 Å². The summed E-state index contributed by atoms with van der Waals surface area (Å²) in [6, 6.07) is 4.48. The molecule has 0 aliphatic rings. The van der Waals surface area contributed by atoms with Gasteiger partial charge >= 0.3 is 11.6 Å². The van der Waals surface area contributed by atoms with E-state index < -0.39 is 4.92 Å². The van der Waals surface area contributed by atoms with Crippen LogP contribution in [0.3, 0.4) is 0 Å². The van der Waals surface area contributed by atoms with Gasteiger partial charge in [0.1, 0.15) is 11.4 Å². The lowest BCUT2D eigenvalue weighted by molar-refractivity contribution is -0.386. The van der Waals surface area contributed by atoms with Gasteiger partial charge in [-0.05, 0) is 30.7 Å². The molecule has 0 bridgehead atoms. The van der Waals surface area contributed by atoms with E-state index in [1.165, 1.54) is 19.1 Å². The van der Waals surface area contributed by atoms with Crippen molar-refractivity contribution in [2.45, 2.75) is 6.92 Å². The van der Waals surface area contributed by atoms with Crippen LogP contribution < -0.4 is 4.74 Å². The fraction of sp³-hybridized carbons (Fsp3) is 0.0909. The summed E-state index contributed by atoms with van der Waals surface area (Å²) in [5.74, 6) is -0.159. The molecule has 0 aliphatic heterocycles. The fourth-order valence-electron chi connectivity index (χ4n) is 1.45. The molecule has 6 nitrogen and oxygen atoms in total. The van der Waals surface area contributed by atoms with E-state index in [9.17, 15) is 10.1 Å². The van der Waals surface area contributed by atoms with Crippen LogP contribution in [0.15, 0.2) is 18.2 Å². The number of rotatable bonds is 3. The highest BCUT2D eigenvalue weighted by atomic mass is 35.5. The second kappa shape index (κ2) is 5.78. The number of hydrogen-bond acceptors (Lipinski definition) is 5. The summed E-state index contributed by atoms with van der Waals surface area (Å²) in [7, 11) is 0. The predicted molar refractivity (Wildman–Crippen MR) is 75.0 cm³/mol. The highest BCUT2D eigenvalue weighted by Crippen LogP contribution is 2.36. The number of nitrogens with zero attached hydrogens (tertiary/aromatic N) is 3. The third kappa shape index (κ3) is 3.09. The molecule has 0 fully saturated rings. The van der Waals surface area contributed by atoms with Crippen LogP contribution in [0.1, 0.15) is 5.69 Å². The first kappa shape index (κ1) is 14.8. The van der Waals surface area contributed by atoms with Gasteiger partial charge in [-0.15, -0.1) is 0 Å². The van der Waals surface area contributed by atoms with E-state index in [2.05, 4.69) is 9.97 Å². The van der Waals surface area contributed by atoms with Crippen LogP contribution in [0, 0.1) is 17.0 Å². The van der Waals surface area contributed by atoms with E-state index in [4.69, 9.17) is 39.5 Å². The van der Waals surface area contributed by atoms with Crippen LogP contribution in [-0.4, -0.2) is 14.9 Å². The number of hydrogen-bond donors (Lipinski definition) is 0. The molecule has 0 unspecified atom stereocenters. The molecule has 0 aliphatic carbocycles. The number of aromatic nitrogens is 2. The zero-order chi connectivity index (χ0) is 14.9. The Morgan fingerprint density at radius 1 is 1.25 bits per heavy atom. The van der Waals surface area contributed by atoms with Crippen LogP contribution in [0.2, 0.25) is 15.3 Å². The van der Waals surface area contributed by atoms with Gasteiger partial charge in [-0.1, -0.05) is 23.2 Å². The molecule has 0 amide bonds. The highest BCUT2D eigenvalue weighted by Gasteiger charge is 2.24. The highest BCUT2D eigenvalue weighted by molar-refractivity contribution is 6.34. The Bertz CT molecular complexity index is 694. The maximum atomic E-state index is 11.0. The molecule has 1 aromatic carbocycles. The van der Waals surface area contributed by atoms with Crippen LogP contribution in [0.4, 0.5) is 5.69 Å². The summed E-state index contributed by atoms with van der Waals surface area (Å²) in [6.07, 6.45) is 0. The van der Waals surface area contributed by atoms with E-state index in [1.807, 2.05) is 0 Å². The number of benzene rings is 1. The Morgan fingerprint density at radius 3 is 2.60 bits per heavy atom. The van der Waals surface area contributed by atoms with Gasteiger partial charge in [0.2, 0.25) is 5.28 Å². The Kier molecular flexibility index (Phi) is 4.27. The molecule has 0 saturated heterocycles. The summed E-state index contributed by atoms with van der Waals surface area (Å²) < 4.78 is 5.35. The van der Waals surface area contributed by atoms with E-state index in [1.54, 1.807) is 6.07 Å².